The van der Waals surface area contributed by atoms with Crippen molar-refractivity contribution in [2.45, 2.75) is 12.3 Å². The van der Waals surface area contributed by atoms with Crippen LogP contribution in [0.2, 0.25) is 5.02 Å². The van der Waals surface area contributed by atoms with Gasteiger partial charge in [0.05, 0.1) is 18.6 Å². The molecule has 0 atom stereocenters. The van der Waals surface area contributed by atoms with Gasteiger partial charge in [-0.2, -0.15) is 0 Å². The first kappa shape index (κ1) is 11.9. The van der Waals surface area contributed by atoms with E-state index in [9.17, 15) is 13.6 Å². The van der Waals surface area contributed by atoms with Gasteiger partial charge in [0.15, 0.2) is 0 Å². The lowest BCUT2D eigenvalue weighted by Gasteiger charge is -2.14. The van der Waals surface area contributed by atoms with Crippen molar-refractivity contribution in [1.29, 1.82) is 0 Å². The maximum Gasteiger partial charge on any atom is 0.279 e. The highest BCUT2D eigenvalue weighted by molar-refractivity contribution is 6.32. The first-order chi connectivity index (χ1) is 7.01. The van der Waals surface area contributed by atoms with Gasteiger partial charge < -0.3 is 9.53 Å². The molecule has 1 aromatic carbocycles. The van der Waals surface area contributed by atoms with Gasteiger partial charge in [-0.3, -0.25) is 0 Å². The average Bonchev–Trinajstić information content (AvgIpc) is 2.18. The van der Waals surface area contributed by atoms with Crippen LogP contribution < -0.4 is 4.74 Å². The zero-order valence-corrected chi connectivity index (χ0v) is 8.72. The standard InChI is InChI=1S/C10H9ClF2O2/c1-15-9-6-7(2-3-8(9)11)10(12,13)4-5-14/h2-3,5-6H,4H2,1H3. The fraction of sp³-hybridized carbons (Fsp3) is 0.300. The first-order valence-electron chi connectivity index (χ1n) is 4.16. The molecular weight excluding hydrogens is 226 g/mol. The van der Waals surface area contributed by atoms with E-state index in [0.29, 0.717) is 0 Å². The SMILES string of the molecule is COc1cc(C(F)(F)CC=O)ccc1Cl. The molecule has 0 aliphatic heterocycles. The Kier molecular flexibility index (Phi) is 3.63. The van der Waals surface area contributed by atoms with E-state index in [2.05, 4.69) is 0 Å². The zero-order chi connectivity index (χ0) is 11.5. The normalized spacial score (nSPS) is 11.2. The van der Waals surface area contributed by atoms with Crippen LogP contribution in [0.1, 0.15) is 12.0 Å². The lowest BCUT2D eigenvalue weighted by molar-refractivity contribution is -0.115. The van der Waals surface area contributed by atoms with Gasteiger partial charge in [0.1, 0.15) is 12.0 Å². The third kappa shape index (κ3) is 2.65. The van der Waals surface area contributed by atoms with Gasteiger partial charge in [-0.15, -0.1) is 0 Å². The molecule has 5 heteroatoms. The number of benzene rings is 1. The topological polar surface area (TPSA) is 26.3 Å². The van der Waals surface area contributed by atoms with E-state index >= 15 is 0 Å². The largest absolute Gasteiger partial charge is 0.495 e. The van der Waals surface area contributed by atoms with Gasteiger partial charge >= 0.3 is 0 Å². The molecule has 0 aliphatic carbocycles. The Labute approximate surface area is 90.8 Å². The summed E-state index contributed by atoms with van der Waals surface area (Å²) >= 11 is 5.68. The predicted octanol–water partition coefficient (Wildman–Crippen LogP) is 3.03. The zero-order valence-electron chi connectivity index (χ0n) is 7.97. The van der Waals surface area contributed by atoms with E-state index in [4.69, 9.17) is 16.3 Å². The minimum Gasteiger partial charge on any atom is -0.495 e. The number of halogens is 3. The van der Waals surface area contributed by atoms with Gasteiger partial charge in [-0.1, -0.05) is 17.7 Å². The van der Waals surface area contributed by atoms with Crippen molar-refractivity contribution in [2.75, 3.05) is 7.11 Å². The molecule has 0 amide bonds. The van der Waals surface area contributed by atoms with Gasteiger partial charge in [-0.05, 0) is 12.1 Å². The smallest absolute Gasteiger partial charge is 0.279 e. The summed E-state index contributed by atoms with van der Waals surface area (Å²) in [6.07, 6.45) is -0.668. The van der Waals surface area contributed by atoms with E-state index in [-0.39, 0.29) is 22.6 Å². The average molecular weight is 235 g/mol. The molecule has 15 heavy (non-hydrogen) atoms. The second-order valence-electron chi connectivity index (χ2n) is 2.92. The summed E-state index contributed by atoms with van der Waals surface area (Å²) in [5.41, 5.74) is -0.282. The highest BCUT2D eigenvalue weighted by Crippen LogP contribution is 2.35. The molecule has 0 heterocycles. The number of carbonyl (C=O) groups excluding carboxylic acids is 1. The van der Waals surface area contributed by atoms with Crippen LogP contribution in [0, 0.1) is 0 Å². The van der Waals surface area contributed by atoms with Crippen LogP contribution in [0.3, 0.4) is 0 Å². The number of rotatable bonds is 4. The maximum absolute atomic E-state index is 13.3. The maximum atomic E-state index is 13.3. The summed E-state index contributed by atoms with van der Waals surface area (Å²) in [5, 5.41) is 0.253. The predicted molar refractivity (Wildman–Crippen MR) is 52.6 cm³/mol. The summed E-state index contributed by atoms with van der Waals surface area (Å²) in [5.74, 6) is -3.01. The second kappa shape index (κ2) is 4.57. The van der Waals surface area contributed by atoms with Crippen LogP contribution in [0.25, 0.3) is 0 Å². The van der Waals surface area contributed by atoms with Crippen molar-refractivity contribution < 1.29 is 18.3 Å². The lowest BCUT2D eigenvalue weighted by Crippen LogP contribution is -2.13. The molecule has 0 spiro atoms. The molecule has 0 bridgehead atoms. The summed E-state index contributed by atoms with van der Waals surface area (Å²) in [6.45, 7) is 0. The van der Waals surface area contributed by atoms with E-state index in [0.717, 1.165) is 6.07 Å². The molecule has 0 radical (unpaired) electrons. The number of methoxy groups -OCH3 is 1. The third-order valence-corrected chi connectivity index (χ3v) is 2.23. The molecule has 1 aromatic rings. The Morgan fingerprint density at radius 1 is 1.53 bits per heavy atom. The minimum atomic E-state index is -3.18. The second-order valence-corrected chi connectivity index (χ2v) is 3.33. The van der Waals surface area contributed by atoms with Crippen molar-refractivity contribution in [3.8, 4) is 5.75 Å². The van der Waals surface area contributed by atoms with Gasteiger partial charge in [0.25, 0.3) is 5.92 Å². The van der Waals surface area contributed by atoms with Crippen LogP contribution in [-0.2, 0) is 10.7 Å². The molecule has 2 nitrogen and oxygen atoms in total. The van der Waals surface area contributed by atoms with Crippen molar-refractivity contribution >= 4 is 17.9 Å². The van der Waals surface area contributed by atoms with Crippen LogP contribution in [-0.4, -0.2) is 13.4 Å². The number of ether oxygens (including phenoxy) is 1. The number of aldehydes is 1. The summed E-state index contributed by atoms with van der Waals surface area (Å²) in [4.78, 5) is 10.1. The molecule has 0 saturated carbocycles. The number of hydrogen-bond donors (Lipinski definition) is 0. The molecule has 0 aromatic heterocycles. The summed E-state index contributed by atoms with van der Waals surface area (Å²) in [6, 6.07) is 3.62. The fourth-order valence-corrected chi connectivity index (χ4v) is 1.30. The molecule has 0 N–H and O–H groups in total. The van der Waals surface area contributed by atoms with E-state index < -0.39 is 12.3 Å². The molecule has 0 fully saturated rings. The molecule has 0 unspecified atom stereocenters. The highest BCUT2D eigenvalue weighted by Gasteiger charge is 2.31. The summed E-state index contributed by atoms with van der Waals surface area (Å²) in [7, 11) is 1.34. The highest BCUT2D eigenvalue weighted by atomic mass is 35.5. The van der Waals surface area contributed by atoms with Crippen molar-refractivity contribution in [1.82, 2.24) is 0 Å². The Hall–Kier alpha value is -1.16. The van der Waals surface area contributed by atoms with E-state index in [1.54, 1.807) is 0 Å². The molecule has 0 aliphatic rings. The Morgan fingerprint density at radius 3 is 2.73 bits per heavy atom. The third-order valence-electron chi connectivity index (χ3n) is 1.91. The quantitative estimate of drug-likeness (QED) is 0.749. The number of carbonyl (C=O) groups is 1. The molecule has 0 saturated heterocycles. The lowest BCUT2D eigenvalue weighted by atomic mass is 10.1. The summed E-state index contributed by atoms with van der Waals surface area (Å²) < 4.78 is 31.4. The molecular formula is C10H9ClF2O2. The molecule has 1 rings (SSSR count). The van der Waals surface area contributed by atoms with Crippen molar-refractivity contribution in [3.05, 3.63) is 28.8 Å². The Balaban J connectivity index is 3.10. The number of hydrogen-bond acceptors (Lipinski definition) is 2. The van der Waals surface area contributed by atoms with Gasteiger partial charge in [0, 0.05) is 5.56 Å². The minimum absolute atomic E-state index is 0.166. The van der Waals surface area contributed by atoms with E-state index in [1.807, 2.05) is 0 Å². The molecule has 82 valence electrons. The van der Waals surface area contributed by atoms with Crippen LogP contribution in [0.5, 0.6) is 5.75 Å². The number of alkyl halides is 2. The fourth-order valence-electron chi connectivity index (χ4n) is 1.11. The van der Waals surface area contributed by atoms with Crippen molar-refractivity contribution in [3.63, 3.8) is 0 Å². The Morgan fingerprint density at radius 2 is 2.20 bits per heavy atom. The Bertz CT molecular complexity index is 366. The van der Waals surface area contributed by atoms with Crippen LogP contribution in [0.4, 0.5) is 8.78 Å². The van der Waals surface area contributed by atoms with E-state index in [1.165, 1.54) is 19.2 Å². The van der Waals surface area contributed by atoms with Crippen molar-refractivity contribution in [2.24, 2.45) is 0 Å². The van der Waals surface area contributed by atoms with Crippen LogP contribution in [0.15, 0.2) is 18.2 Å². The van der Waals surface area contributed by atoms with Gasteiger partial charge in [0.2, 0.25) is 0 Å². The van der Waals surface area contributed by atoms with Gasteiger partial charge in [-0.25, -0.2) is 8.78 Å². The first-order valence-corrected chi connectivity index (χ1v) is 4.54. The van der Waals surface area contributed by atoms with Crippen LogP contribution >= 0.6 is 11.6 Å². The monoisotopic (exact) mass is 234 g/mol.